The third-order valence-electron chi connectivity index (χ3n) is 3.27. The van der Waals surface area contributed by atoms with Crippen molar-refractivity contribution in [1.29, 1.82) is 0 Å². The van der Waals surface area contributed by atoms with Crippen molar-refractivity contribution in [2.24, 2.45) is 5.73 Å². The Kier molecular flexibility index (Phi) is 3.66. The van der Waals surface area contributed by atoms with E-state index in [0.29, 0.717) is 25.1 Å². The summed E-state index contributed by atoms with van der Waals surface area (Å²) in [6, 6.07) is 5.06. The molecular weight excluding hydrogens is 251 g/mol. The van der Waals surface area contributed by atoms with Crippen LogP contribution in [-0.4, -0.2) is 33.7 Å². The fourth-order valence-corrected chi connectivity index (χ4v) is 2.46. The van der Waals surface area contributed by atoms with Crippen LogP contribution < -0.4 is 5.73 Å². The molecule has 0 bridgehead atoms. The summed E-state index contributed by atoms with van der Waals surface area (Å²) in [7, 11) is 0. The van der Waals surface area contributed by atoms with Gasteiger partial charge >= 0.3 is 0 Å². The zero-order valence-electron chi connectivity index (χ0n) is 10.3. The molecule has 0 saturated carbocycles. The molecule has 5 heteroatoms. The monoisotopic (exact) mass is 268 g/mol. The van der Waals surface area contributed by atoms with E-state index in [0.717, 1.165) is 6.54 Å². The minimum absolute atomic E-state index is 0.0720. The van der Waals surface area contributed by atoms with Crippen molar-refractivity contribution in [3.8, 4) is 0 Å². The molecule has 1 aliphatic heterocycles. The molecule has 1 heterocycles. The fourth-order valence-electron chi connectivity index (χ4n) is 2.31. The van der Waals surface area contributed by atoms with Gasteiger partial charge in [-0.25, -0.2) is 4.39 Å². The molecular formula is C13H17FN2OS. The van der Waals surface area contributed by atoms with Crippen molar-refractivity contribution in [3.05, 3.63) is 35.1 Å². The summed E-state index contributed by atoms with van der Waals surface area (Å²) < 4.78 is 14.1. The molecule has 0 radical (unpaired) electrons. The SMILES string of the molecule is CC1(O)CCN(Cc2cccc(C(N)=S)c2F)C1. The smallest absolute Gasteiger partial charge is 0.137 e. The van der Waals surface area contributed by atoms with Gasteiger partial charge < -0.3 is 10.8 Å². The van der Waals surface area contributed by atoms with Crippen molar-refractivity contribution in [2.75, 3.05) is 13.1 Å². The minimum Gasteiger partial charge on any atom is -0.389 e. The largest absolute Gasteiger partial charge is 0.389 e. The summed E-state index contributed by atoms with van der Waals surface area (Å²) in [6.45, 7) is 3.60. The summed E-state index contributed by atoms with van der Waals surface area (Å²) in [5, 5.41) is 9.88. The molecule has 3 N–H and O–H groups in total. The normalized spacial score (nSPS) is 24.4. The lowest BCUT2D eigenvalue weighted by Gasteiger charge is -2.19. The zero-order valence-corrected chi connectivity index (χ0v) is 11.1. The van der Waals surface area contributed by atoms with E-state index < -0.39 is 5.60 Å². The average molecular weight is 268 g/mol. The lowest BCUT2D eigenvalue weighted by Crippen LogP contribution is -2.29. The summed E-state index contributed by atoms with van der Waals surface area (Å²) in [5.74, 6) is -0.350. The molecule has 1 saturated heterocycles. The lowest BCUT2D eigenvalue weighted by atomic mass is 10.1. The maximum Gasteiger partial charge on any atom is 0.137 e. The van der Waals surface area contributed by atoms with Gasteiger partial charge in [0.15, 0.2) is 0 Å². The molecule has 18 heavy (non-hydrogen) atoms. The van der Waals surface area contributed by atoms with E-state index in [1.165, 1.54) is 0 Å². The number of aliphatic hydroxyl groups is 1. The van der Waals surface area contributed by atoms with Crippen molar-refractivity contribution >= 4 is 17.2 Å². The van der Waals surface area contributed by atoms with Crippen LogP contribution in [0.5, 0.6) is 0 Å². The van der Waals surface area contributed by atoms with Gasteiger partial charge in [-0.2, -0.15) is 0 Å². The molecule has 0 spiro atoms. The molecule has 1 fully saturated rings. The summed E-state index contributed by atoms with van der Waals surface area (Å²) in [5.41, 5.74) is 5.66. The molecule has 1 aromatic rings. The van der Waals surface area contributed by atoms with Gasteiger partial charge in [-0.1, -0.05) is 24.4 Å². The Balaban J connectivity index is 2.15. The molecule has 0 aromatic heterocycles. The number of benzene rings is 1. The highest BCUT2D eigenvalue weighted by atomic mass is 32.1. The third kappa shape index (κ3) is 2.85. The van der Waals surface area contributed by atoms with Crippen LogP contribution >= 0.6 is 12.2 Å². The highest BCUT2D eigenvalue weighted by molar-refractivity contribution is 7.80. The Hall–Kier alpha value is -1.04. The number of β-amino-alcohol motifs (C(OH)–C–C–N with tert-alkyl or cyclic N) is 1. The highest BCUT2D eigenvalue weighted by Gasteiger charge is 2.31. The molecule has 3 nitrogen and oxygen atoms in total. The molecule has 0 aliphatic carbocycles. The van der Waals surface area contributed by atoms with E-state index in [9.17, 15) is 9.50 Å². The van der Waals surface area contributed by atoms with Crippen LogP contribution in [0.4, 0.5) is 4.39 Å². The van der Waals surface area contributed by atoms with Crippen molar-refractivity contribution < 1.29 is 9.50 Å². The number of nitrogens with two attached hydrogens (primary N) is 1. The van der Waals surface area contributed by atoms with Crippen molar-refractivity contribution in [3.63, 3.8) is 0 Å². The molecule has 2 rings (SSSR count). The van der Waals surface area contributed by atoms with Gasteiger partial charge in [-0.3, -0.25) is 4.90 Å². The van der Waals surface area contributed by atoms with Crippen molar-refractivity contribution in [1.82, 2.24) is 4.90 Å². The number of likely N-dealkylation sites (tertiary alicyclic amines) is 1. The number of halogens is 1. The van der Waals surface area contributed by atoms with Crippen LogP contribution in [0.25, 0.3) is 0 Å². The third-order valence-corrected chi connectivity index (χ3v) is 3.49. The zero-order chi connectivity index (χ0) is 13.3. The second-order valence-electron chi connectivity index (χ2n) is 5.10. The second-order valence-corrected chi connectivity index (χ2v) is 5.54. The topological polar surface area (TPSA) is 49.5 Å². The predicted octanol–water partition coefficient (Wildman–Crippen LogP) is 1.42. The van der Waals surface area contributed by atoms with Crippen LogP contribution in [-0.2, 0) is 6.54 Å². The predicted molar refractivity (Wildman–Crippen MR) is 72.8 cm³/mol. The Bertz CT molecular complexity index is 476. The van der Waals surface area contributed by atoms with E-state index in [2.05, 4.69) is 0 Å². The van der Waals surface area contributed by atoms with Crippen LogP contribution in [0.15, 0.2) is 18.2 Å². The standard InChI is InChI=1S/C13H17FN2OS/c1-13(17)5-6-16(8-13)7-9-3-2-4-10(11(9)14)12(15)18/h2-4,17H,5-8H2,1H3,(H2,15,18). The Labute approximate surface area is 111 Å². The van der Waals surface area contributed by atoms with Crippen LogP contribution in [0.2, 0.25) is 0 Å². The summed E-state index contributed by atoms with van der Waals surface area (Å²) in [4.78, 5) is 2.10. The highest BCUT2D eigenvalue weighted by Crippen LogP contribution is 2.23. The average Bonchev–Trinajstić information content (AvgIpc) is 2.61. The van der Waals surface area contributed by atoms with Gasteiger partial charge in [0.25, 0.3) is 0 Å². The second kappa shape index (κ2) is 4.91. The first-order chi connectivity index (χ1) is 8.39. The number of rotatable bonds is 3. The Morgan fingerprint density at radius 2 is 2.33 bits per heavy atom. The van der Waals surface area contributed by atoms with E-state index in [4.69, 9.17) is 18.0 Å². The summed E-state index contributed by atoms with van der Waals surface area (Å²) >= 11 is 4.81. The fraction of sp³-hybridized carbons (Fsp3) is 0.462. The number of nitrogens with zero attached hydrogens (tertiary/aromatic N) is 1. The number of thiocarbonyl (C=S) groups is 1. The van der Waals surface area contributed by atoms with Gasteiger partial charge in [-0.15, -0.1) is 0 Å². The minimum atomic E-state index is -0.669. The first-order valence-electron chi connectivity index (χ1n) is 5.91. The summed E-state index contributed by atoms with van der Waals surface area (Å²) in [6.07, 6.45) is 0.712. The van der Waals surface area contributed by atoms with Crippen molar-refractivity contribution in [2.45, 2.75) is 25.5 Å². The van der Waals surface area contributed by atoms with Gasteiger partial charge in [0.2, 0.25) is 0 Å². The van der Waals surface area contributed by atoms with E-state index in [1.807, 2.05) is 4.90 Å². The van der Waals surface area contributed by atoms with Crippen LogP contribution in [0.1, 0.15) is 24.5 Å². The molecule has 1 atom stereocenters. The molecule has 0 amide bonds. The van der Waals surface area contributed by atoms with E-state index in [1.54, 1.807) is 25.1 Å². The first-order valence-corrected chi connectivity index (χ1v) is 6.32. The van der Waals surface area contributed by atoms with Gasteiger partial charge in [0, 0.05) is 30.8 Å². The van der Waals surface area contributed by atoms with Crippen LogP contribution in [0, 0.1) is 5.82 Å². The van der Waals surface area contributed by atoms with Crippen LogP contribution in [0.3, 0.4) is 0 Å². The Morgan fingerprint density at radius 1 is 1.61 bits per heavy atom. The first kappa shape index (κ1) is 13.4. The number of hydrogen-bond donors (Lipinski definition) is 2. The molecule has 98 valence electrons. The Morgan fingerprint density at radius 3 is 2.89 bits per heavy atom. The van der Waals surface area contributed by atoms with E-state index in [-0.39, 0.29) is 16.4 Å². The lowest BCUT2D eigenvalue weighted by molar-refractivity contribution is 0.0677. The molecule has 1 aromatic carbocycles. The van der Waals surface area contributed by atoms with E-state index >= 15 is 0 Å². The number of hydrogen-bond acceptors (Lipinski definition) is 3. The molecule has 1 aliphatic rings. The van der Waals surface area contributed by atoms with Gasteiger partial charge in [0.1, 0.15) is 10.8 Å². The maximum absolute atomic E-state index is 14.1. The quantitative estimate of drug-likeness (QED) is 0.814. The molecule has 1 unspecified atom stereocenters. The maximum atomic E-state index is 14.1. The van der Waals surface area contributed by atoms with Gasteiger partial charge in [-0.05, 0) is 19.4 Å². The van der Waals surface area contributed by atoms with Gasteiger partial charge in [0.05, 0.1) is 5.60 Å².